The van der Waals surface area contributed by atoms with Gasteiger partial charge in [0.2, 0.25) is 0 Å². The number of carbonyl (C=O) groups is 1. The van der Waals surface area contributed by atoms with Crippen LogP contribution in [0, 0.1) is 18.3 Å². The third-order valence-corrected chi connectivity index (χ3v) is 4.29. The molecular weight excluding hydrogens is 314 g/mol. The Morgan fingerprint density at radius 1 is 1.24 bits per heavy atom. The zero-order valence-electron chi connectivity index (χ0n) is 14.3. The van der Waals surface area contributed by atoms with E-state index in [1.54, 1.807) is 12.3 Å². The van der Waals surface area contributed by atoms with Gasteiger partial charge < -0.3 is 15.1 Å². The van der Waals surface area contributed by atoms with Crippen LogP contribution in [0.1, 0.15) is 16.7 Å². The largest absolute Gasteiger partial charge is 0.353 e. The number of hydrogen-bond acceptors (Lipinski definition) is 4. The van der Waals surface area contributed by atoms with E-state index in [-0.39, 0.29) is 6.03 Å². The van der Waals surface area contributed by atoms with Crippen molar-refractivity contribution in [2.45, 2.75) is 13.5 Å². The number of urea groups is 1. The van der Waals surface area contributed by atoms with Gasteiger partial charge in [-0.3, -0.25) is 0 Å². The SMILES string of the molecule is Cc1cccc(CNC(=O)N2CCN(c3ccc(C#N)cn3)CC2)c1. The fourth-order valence-electron chi connectivity index (χ4n) is 2.89. The molecule has 6 heteroatoms. The molecule has 6 nitrogen and oxygen atoms in total. The van der Waals surface area contributed by atoms with Crippen molar-refractivity contribution >= 4 is 11.8 Å². The molecule has 1 aliphatic rings. The van der Waals surface area contributed by atoms with Gasteiger partial charge in [0.15, 0.2) is 0 Å². The number of benzene rings is 1. The molecule has 1 aromatic carbocycles. The van der Waals surface area contributed by atoms with Crippen LogP contribution in [0.2, 0.25) is 0 Å². The summed E-state index contributed by atoms with van der Waals surface area (Å²) < 4.78 is 0. The van der Waals surface area contributed by atoms with E-state index in [1.807, 2.05) is 36.1 Å². The number of piperazine rings is 1. The molecule has 0 bridgehead atoms. The first-order valence-corrected chi connectivity index (χ1v) is 8.35. The molecule has 0 spiro atoms. The third-order valence-electron chi connectivity index (χ3n) is 4.29. The molecule has 1 N–H and O–H groups in total. The van der Waals surface area contributed by atoms with Crippen LogP contribution in [0.4, 0.5) is 10.6 Å². The minimum absolute atomic E-state index is 0.0334. The molecule has 128 valence electrons. The second-order valence-corrected chi connectivity index (χ2v) is 6.14. The highest BCUT2D eigenvalue weighted by Gasteiger charge is 2.21. The van der Waals surface area contributed by atoms with Crippen LogP contribution in [0.25, 0.3) is 0 Å². The van der Waals surface area contributed by atoms with Crippen LogP contribution in [0.5, 0.6) is 0 Å². The molecular formula is C19H21N5O. The molecule has 0 radical (unpaired) electrons. The number of carbonyl (C=O) groups excluding carboxylic acids is 1. The highest BCUT2D eigenvalue weighted by atomic mass is 16.2. The van der Waals surface area contributed by atoms with E-state index < -0.39 is 0 Å². The van der Waals surface area contributed by atoms with Crippen LogP contribution in [0.3, 0.4) is 0 Å². The monoisotopic (exact) mass is 335 g/mol. The highest BCUT2D eigenvalue weighted by Crippen LogP contribution is 2.14. The Kier molecular flexibility index (Phi) is 5.14. The van der Waals surface area contributed by atoms with Crippen LogP contribution in [-0.2, 0) is 6.54 Å². The first-order chi connectivity index (χ1) is 12.2. The normalized spacial score (nSPS) is 14.1. The number of nitrogens with zero attached hydrogens (tertiary/aromatic N) is 4. The van der Waals surface area contributed by atoms with Crippen LogP contribution in [-0.4, -0.2) is 42.1 Å². The molecule has 2 aromatic rings. The lowest BCUT2D eigenvalue weighted by Crippen LogP contribution is -2.51. The van der Waals surface area contributed by atoms with Crippen molar-refractivity contribution < 1.29 is 4.79 Å². The van der Waals surface area contributed by atoms with Crippen molar-refractivity contribution in [3.05, 3.63) is 59.3 Å². The quantitative estimate of drug-likeness (QED) is 0.934. The van der Waals surface area contributed by atoms with Crippen molar-refractivity contribution in [2.75, 3.05) is 31.1 Å². The minimum Gasteiger partial charge on any atom is -0.353 e. The van der Waals surface area contributed by atoms with Gasteiger partial charge >= 0.3 is 6.03 Å². The first-order valence-electron chi connectivity index (χ1n) is 8.35. The fraction of sp³-hybridized carbons (Fsp3) is 0.316. The van der Waals surface area contributed by atoms with Crippen molar-refractivity contribution in [3.63, 3.8) is 0 Å². The minimum atomic E-state index is -0.0334. The molecule has 2 heterocycles. The maximum atomic E-state index is 12.3. The Morgan fingerprint density at radius 2 is 2.04 bits per heavy atom. The van der Waals surface area contributed by atoms with Crippen molar-refractivity contribution in [1.82, 2.24) is 15.2 Å². The van der Waals surface area contributed by atoms with Gasteiger partial charge in [-0.05, 0) is 24.6 Å². The van der Waals surface area contributed by atoms with E-state index in [2.05, 4.69) is 27.3 Å². The van der Waals surface area contributed by atoms with Crippen LogP contribution >= 0.6 is 0 Å². The van der Waals surface area contributed by atoms with Gasteiger partial charge in [-0.15, -0.1) is 0 Å². The van der Waals surface area contributed by atoms with Gasteiger partial charge in [0, 0.05) is 38.9 Å². The Bertz CT molecular complexity index is 773. The fourth-order valence-corrected chi connectivity index (χ4v) is 2.89. The molecule has 0 unspecified atom stereocenters. The number of hydrogen-bond donors (Lipinski definition) is 1. The summed E-state index contributed by atoms with van der Waals surface area (Å²) in [6, 6.07) is 13.8. The zero-order valence-corrected chi connectivity index (χ0v) is 14.3. The smallest absolute Gasteiger partial charge is 0.317 e. The Hall–Kier alpha value is -3.07. The summed E-state index contributed by atoms with van der Waals surface area (Å²) in [5.41, 5.74) is 2.85. The molecule has 0 aliphatic carbocycles. The molecule has 0 saturated carbocycles. The number of anilines is 1. The van der Waals surface area contributed by atoms with Gasteiger partial charge in [0.05, 0.1) is 5.56 Å². The van der Waals surface area contributed by atoms with Gasteiger partial charge in [0.25, 0.3) is 0 Å². The average molecular weight is 335 g/mol. The van der Waals surface area contributed by atoms with Crippen molar-refractivity contribution in [2.24, 2.45) is 0 Å². The topological polar surface area (TPSA) is 72.3 Å². The summed E-state index contributed by atoms with van der Waals surface area (Å²) in [5.74, 6) is 0.846. The summed E-state index contributed by atoms with van der Waals surface area (Å²) in [4.78, 5) is 20.6. The second-order valence-electron chi connectivity index (χ2n) is 6.14. The lowest BCUT2D eigenvalue weighted by atomic mass is 10.1. The van der Waals surface area contributed by atoms with Crippen molar-refractivity contribution in [3.8, 4) is 6.07 Å². The first kappa shape index (κ1) is 16.8. The van der Waals surface area contributed by atoms with E-state index in [4.69, 9.17) is 5.26 Å². The maximum Gasteiger partial charge on any atom is 0.317 e. The van der Waals surface area contributed by atoms with Gasteiger partial charge in [-0.25, -0.2) is 9.78 Å². The molecule has 25 heavy (non-hydrogen) atoms. The lowest BCUT2D eigenvalue weighted by Gasteiger charge is -2.35. The van der Waals surface area contributed by atoms with E-state index in [0.29, 0.717) is 25.2 Å². The molecule has 3 rings (SSSR count). The number of pyridine rings is 1. The average Bonchev–Trinajstić information content (AvgIpc) is 2.66. The van der Waals surface area contributed by atoms with E-state index in [0.717, 1.165) is 24.5 Å². The third kappa shape index (κ3) is 4.27. The number of rotatable bonds is 3. The molecule has 1 aliphatic heterocycles. The van der Waals surface area contributed by atoms with Gasteiger partial charge in [-0.1, -0.05) is 29.8 Å². The Labute approximate surface area is 147 Å². The second kappa shape index (κ2) is 7.67. The van der Waals surface area contributed by atoms with E-state index in [9.17, 15) is 4.79 Å². The number of nitrogens with one attached hydrogen (secondary N) is 1. The summed E-state index contributed by atoms with van der Waals surface area (Å²) in [7, 11) is 0. The number of nitriles is 1. The highest BCUT2D eigenvalue weighted by molar-refractivity contribution is 5.74. The summed E-state index contributed by atoms with van der Waals surface area (Å²) in [6.07, 6.45) is 1.58. The summed E-state index contributed by atoms with van der Waals surface area (Å²) >= 11 is 0. The van der Waals surface area contributed by atoms with Crippen LogP contribution in [0.15, 0.2) is 42.6 Å². The summed E-state index contributed by atoms with van der Waals surface area (Å²) in [5, 5.41) is 11.8. The predicted molar refractivity (Wildman–Crippen MR) is 96.2 cm³/mol. The zero-order chi connectivity index (χ0) is 17.6. The molecule has 1 aromatic heterocycles. The predicted octanol–water partition coefficient (Wildman–Crippen LogP) is 2.29. The maximum absolute atomic E-state index is 12.3. The standard InChI is InChI=1S/C19H21N5O/c1-15-3-2-4-16(11-15)13-22-19(25)24-9-7-23(8-10-24)18-6-5-17(12-20)14-21-18/h2-6,11,14H,7-10,13H2,1H3,(H,22,25). The molecule has 1 saturated heterocycles. The lowest BCUT2D eigenvalue weighted by molar-refractivity contribution is 0.194. The van der Waals surface area contributed by atoms with E-state index >= 15 is 0 Å². The number of aromatic nitrogens is 1. The van der Waals surface area contributed by atoms with Gasteiger partial charge in [-0.2, -0.15) is 5.26 Å². The number of amides is 2. The molecule has 2 amide bonds. The number of aryl methyl sites for hydroxylation is 1. The Balaban J connectivity index is 1.49. The Morgan fingerprint density at radius 3 is 2.68 bits per heavy atom. The molecule has 0 atom stereocenters. The van der Waals surface area contributed by atoms with Gasteiger partial charge in [0.1, 0.15) is 11.9 Å². The summed E-state index contributed by atoms with van der Waals surface area (Å²) in [6.45, 7) is 5.36. The molecule has 1 fully saturated rings. The van der Waals surface area contributed by atoms with E-state index in [1.165, 1.54) is 5.56 Å². The van der Waals surface area contributed by atoms with Crippen LogP contribution < -0.4 is 10.2 Å². The van der Waals surface area contributed by atoms with Crippen molar-refractivity contribution in [1.29, 1.82) is 5.26 Å².